The van der Waals surface area contributed by atoms with Gasteiger partial charge in [0.1, 0.15) is 5.54 Å². The van der Waals surface area contributed by atoms with Crippen LogP contribution in [0.5, 0.6) is 0 Å². The molecule has 0 aromatic heterocycles. The van der Waals surface area contributed by atoms with Crippen molar-refractivity contribution in [3.8, 4) is 0 Å². The van der Waals surface area contributed by atoms with Crippen LogP contribution in [0, 0.1) is 5.92 Å². The summed E-state index contributed by atoms with van der Waals surface area (Å²) < 4.78 is 0. The molecule has 0 aliphatic heterocycles. The van der Waals surface area contributed by atoms with E-state index in [4.69, 9.17) is 16.6 Å². The third-order valence-electron chi connectivity index (χ3n) is 1.84. The smallest absolute Gasteiger partial charge is 0.323 e. The average Bonchev–Trinajstić information content (AvgIpc) is 1.86. The van der Waals surface area contributed by atoms with Crippen LogP contribution in [0.3, 0.4) is 0 Å². The van der Waals surface area contributed by atoms with E-state index >= 15 is 0 Å². The number of rotatable bonds is 3. The van der Waals surface area contributed by atoms with Crippen LogP contribution in [0.15, 0.2) is 0 Å². The Morgan fingerprint density at radius 3 is 2.30 bits per heavy atom. The van der Waals surface area contributed by atoms with E-state index in [2.05, 4.69) is 0 Å². The molecule has 4 nitrogen and oxygen atoms in total. The van der Waals surface area contributed by atoms with Gasteiger partial charge in [-0.25, -0.2) is 0 Å². The quantitative estimate of drug-likeness (QED) is 0.495. The Kier molecular flexibility index (Phi) is 2.80. The predicted octanol–water partition coefficient (Wildman–Crippen LogP) is -0.617. The van der Waals surface area contributed by atoms with Crippen LogP contribution < -0.4 is 11.5 Å². The van der Waals surface area contributed by atoms with Crippen molar-refractivity contribution in [2.24, 2.45) is 17.4 Å². The molecule has 5 N–H and O–H groups in total. The second-order valence-corrected chi connectivity index (χ2v) is 2.72. The highest BCUT2D eigenvalue weighted by molar-refractivity contribution is 5.78. The molecule has 0 spiro atoms. The van der Waals surface area contributed by atoms with Gasteiger partial charge in [0, 0.05) is 0 Å². The first-order valence-corrected chi connectivity index (χ1v) is 3.15. The van der Waals surface area contributed by atoms with Gasteiger partial charge in [-0.2, -0.15) is 0 Å². The van der Waals surface area contributed by atoms with Gasteiger partial charge in [0.2, 0.25) is 0 Å². The first kappa shape index (κ1) is 9.39. The number of carbonyl (C=O) groups is 1. The second-order valence-electron chi connectivity index (χ2n) is 2.72. The van der Waals surface area contributed by atoms with Crippen molar-refractivity contribution in [2.75, 3.05) is 6.54 Å². The van der Waals surface area contributed by atoms with E-state index in [9.17, 15) is 4.79 Å². The van der Waals surface area contributed by atoms with E-state index in [1.54, 1.807) is 6.92 Å². The Morgan fingerprint density at radius 1 is 1.80 bits per heavy atom. The van der Waals surface area contributed by atoms with Gasteiger partial charge in [-0.3, -0.25) is 4.79 Å². The molecule has 0 saturated heterocycles. The Morgan fingerprint density at radius 2 is 2.20 bits per heavy atom. The fourth-order valence-electron chi connectivity index (χ4n) is 0.456. The highest BCUT2D eigenvalue weighted by atomic mass is 16.4. The molecule has 0 bridgehead atoms. The van der Waals surface area contributed by atoms with Crippen molar-refractivity contribution in [3.63, 3.8) is 0 Å². The zero-order valence-corrected chi connectivity index (χ0v) is 6.29. The molecule has 0 aliphatic carbocycles. The van der Waals surface area contributed by atoms with Gasteiger partial charge < -0.3 is 16.6 Å². The maximum atomic E-state index is 10.4. The topological polar surface area (TPSA) is 89.3 Å². The first-order valence-electron chi connectivity index (χ1n) is 3.15. The number of hydrogen-bond acceptors (Lipinski definition) is 3. The summed E-state index contributed by atoms with van der Waals surface area (Å²) >= 11 is 0. The molecule has 0 rings (SSSR count). The van der Waals surface area contributed by atoms with Crippen LogP contribution in [-0.2, 0) is 4.79 Å². The second kappa shape index (κ2) is 2.98. The van der Waals surface area contributed by atoms with Gasteiger partial charge in [-0.15, -0.1) is 0 Å². The molecule has 0 fully saturated rings. The summed E-state index contributed by atoms with van der Waals surface area (Å²) in [5, 5.41) is 8.56. The fraction of sp³-hybridized carbons (Fsp3) is 0.833. The Hall–Kier alpha value is -0.610. The molecule has 60 valence electrons. The summed E-state index contributed by atoms with van der Waals surface area (Å²) in [4.78, 5) is 10.4. The van der Waals surface area contributed by atoms with Crippen LogP contribution >= 0.6 is 0 Å². The van der Waals surface area contributed by atoms with Crippen molar-refractivity contribution in [2.45, 2.75) is 19.4 Å². The maximum Gasteiger partial charge on any atom is 0.323 e. The molecule has 0 aromatic carbocycles. The predicted molar refractivity (Wildman–Crippen MR) is 38.4 cm³/mol. The van der Waals surface area contributed by atoms with E-state index in [0.29, 0.717) is 6.54 Å². The number of carboxylic acids is 1. The molecule has 0 amide bonds. The van der Waals surface area contributed by atoms with Crippen molar-refractivity contribution in [1.29, 1.82) is 0 Å². The number of nitrogens with two attached hydrogens (primary N) is 2. The van der Waals surface area contributed by atoms with E-state index < -0.39 is 11.5 Å². The lowest BCUT2D eigenvalue weighted by molar-refractivity contribution is -0.144. The lowest BCUT2D eigenvalue weighted by Crippen LogP contribution is -2.52. The molecule has 2 atom stereocenters. The van der Waals surface area contributed by atoms with Gasteiger partial charge in [0.15, 0.2) is 0 Å². The van der Waals surface area contributed by atoms with Gasteiger partial charge in [-0.05, 0) is 19.4 Å². The third kappa shape index (κ3) is 1.68. The molecule has 2 unspecified atom stereocenters. The van der Waals surface area contributed by atoms with Crippen molar-refractivity contribution in [3.05, 3.63) is 0 Å². The summed E-state index contributed by atoms with van der Waals surface area (Å²) in [6, 6.07) is 0. The van der Waals surface area contributed by atoms with E-state index in [1.165, 1.54) is 6.92 Å². The van der Waals surface area contributed by atoms with Crippen LogP contribution in [0.4, 0.5) is 0 Å². The minimum absolute atomic E-state index is 0.204. The normalized spacial score (nSPS) is 19.6. The fourth-order valence-corrected chi connectivity index (χ4v) is 0.456. The number of carboxylic acid groups (broad SMARTS) is 1. The maximum absolute atomic E-state index is 10.4. The summed E-state index contributed by atoms with van der Waals surface area (Å²) in [6.07, 6.45) is 0. The van der Waals surface area contributed by atoms with E-state index in [-0.39, 0.29) is 5.92 Å². The van der Waals surface area contributed by atoms with Gasteiger partial charge in [0.25, 0.3) is 0 Å². The van der Waals surface area contributed by atoms with Gasteiger partial charge in [0.05, 0.1) is 0 Å². The van der Waals surface area contributed by atoms with E-state index in [0.717, 1.165) is 0 Å². The monoisotopic (exact) mass is 146 g/mol. The minimum atomic E-state index is -1.20. The van der Waals surface area contributed by atoms with Crippen LogP contribution in [0.2, 0.25) is 0 Å². The Balaban J connectivity index is 4.23. The number of hydrogen-bond donors (Lipinski definition) is 3. The lowest BCUT2D eigenvalue weighted by Gasteiger charge is -2.25. The van der Waals surface area contributed by atoms with Gasteiger partial charge in [-0.1, -0.05) is 6.92 Å². The minimum Gasteiger partial charge on any atom is -0.480 e. The Bertz CT molecular complexity index is 134. The largest absolute Gasteiger partial charge is 0.480 e. The summed E-state index contributed by atoms with van der Waals surface area (Å²) in [6.45, 7) is 3.47. The summed E-state index contributed by atoms with van der Waals surface area (Å²) in [5.41, 5.74) is 9.49. The molecule has 0 heterocycles. The van der Waals surface area contributed by atoms with Crippen molar-refractivity contribution in [1.82, 2.24) is 0 Å². The lowest BCUT2D eigenvalue weighted by atomic mass is 9.88. The third-order valence-corrected chi connectivity index (χ3v) is 1.84. The van der Waals surface area contributed by atoms with Crippen molar-refractivity contribution < 1.29 is 9.90 Å². The molecule has 4 heteroatoms. The SMILES string of the molecule is CC(CN)C(C)(N)C(=O)O. The zero-order chi connectivity index (χ0) is 8.36. The van der Waals surface area contributed by atoms with Gasteiger partial charge >= 0.3 is 5.97 Å². The molecule has 0 aromatic rings. The molecule has 0 saturated carbocycles. The summed E-state index contributed by atoms with van der Waals surface area (Å²) in [5.74, 6) is -1.21. The molecule has 10 heavy (non-hydrogen) atoms. The number of aliphatic carboxylic acids is 1. The van der Waals surface area contributed by atoms with E-state index in [1.807, 2.05) is 0 Å². The highest BCUT2D eigenvalue weighted by Gasteiger charge is 2.33. The van der Waals surface area contributed by atoms with Crippen molar-refractivity contribution >= 4 is 5.97 Å². The van der Waals surface area contributed by atoms with Crippen LogP contribution in [0.25, 0.3) is 0 Å². The van der Waals surface area contributed by atoms with Crippen LogP contribution in [0.1, 0.15) is 13.8 Å². The highest BCUT2D eigenvalue weighted by Crippen LogP contribution is 2.11. The average molecular weight is 146 g/mol. The molecular formula is C6H14N2O2. The Labute approximate surface area is 60.2 Å². The summed E-state index contributed by atoms with van der Waals surface area (Å²) in [7, 11) is 0. The first-order chi connectivity index (χ1) is 4.42. The zero-order valence-electron chi connectivity index (χ0n) is 6.29. The molecule has 0 radical (unpaired) electrons. The van der Waals surface area contributed by atoms with Crippen LogP contribution in [-0.4, -0.2) is 23.2 Å². The standard InChI is InChI=1S/C6H14N2O2/c1-4(3-7)6(2,8)5(9)10/h4H,3,7-8H2,1-2H3,(H,9,10). The molecular weight excluding hydrogens is 132 g/mol. The molecule has 0 aliphatic rings.